The third-order valence-corrected chi connectivity index (χ3v) is 3.24. The fraction of sp³-hybridized carbons (Fsp3) is 0.294. The molecule has 0 aliphatic carbocycles. The third kappa shape index (κ3) is 3.83. The van der Waals surface area contributed by atoms with E-state index in [4.69, 9.17) is 4.74 Å². The molecule has 2 aromatic carbocycles. The topological polar surface area (TPSA) is 21.3 Å². The highest BCUT2D eigenvalue weighted by Crippen LogP contribution is 2.19. The second-order valence-electron chi connectivity index (χ2n) is 4.68. The van der Waals surface area contributed by atoms with Crippen molar-refractivity contribution in [3.05, 3.63) is 65.2 Å². The van der Waals surface area contributed by atoms with Crippen LogP contribution in [0.1, 0.15) is 16.7 Å². The molecule has 0 spiro atoms. The molecular weight excluding hydrogens is 234 g/mol. The van der Waals surface area contributed by atoms with Gasteiger partial charge in [-0.1, -0.05) is 42.5 Å². The second-order valence-corrected chi connectivity index (χ2v) is 4.68. The summed E-state index contributed by atoms with van der Waals surface area (Å²) in [4.78, 5) is 0. The number of para-hydroxylation sites is 1. The Hall–Kier alpha value is -1.80. The quantitative estimate of drug-likeness (QED) is 0.855. The molecule has 19 heavy (non-hydrogen) atoms. The van der Waals surface area contributed by atoms with Crippen LogP contribution in [0.2, 0.25) is 0 Å². The average molecular weight is 255 g/mol. The highest BCUT2D eigenvalue weighted by Gasteiger charge is 2.03. The smallest absolute Gasteiger partial charge is 0.122 e. The Morgan fingerprint density at radius 3 is 2.37 bits per heavy atom. The minimum Gasteiger partial charge on any atom is -0.489 e. The van der Waals surface area contributed by atoms with E-state index in [9.17, 15) is 0 Å². The van der Waals surface area contributed by atoms with Gasteiger partial charge in [0.15, 0.2) is 0 Å². The largest absolute Gasteiger partial charge is 0.489 e. The Balaban J connectivity index is 2.05. The van der Waals surface area contributed by atoms with E-state index in [2.05, 4.69) is 42.6 Å². The van der Waals surface area contributed by atoms with Crippen LogP contribution < -0.4 is 10.1 Å². The van der Waals surface area contributed by atoms with E-state index in [1.54, 1.807) is 0 Å². The van der Waals surface area contributed by atoms with Crippen LogP contribution in [0.15, 0.2) is 48.5 Å². The van der Waals surface area contributed by atoms with Gasteiger partial charge >= 0.3 is 0 Å². The van der Waals surface area contributed by atoms with Crippen LogP contribution in [-0.2, 0) is 13.0 Å². The van der Waals surface area contributed by atoms with E-state index in [0.29, 0.717) is 6.61 Å². The molecule has 0 aromatic heterocycles. The number of rotatable bonds is 6. The Morgan fingerprint density at radius 2 is 1.63 bits per heavy atom. The maximum Gasteiger partial charge on any atom is 0.122 e. The summed E-state index contributed by atoms with van der Waals surface area (Å²) in [6.45, 7) is 3.69. The van der Waals surface area contributed by atoms with Crippen molar-refractivity contribution in [3.63, 3.8) is 0 Å². The van der Waals surface area contributed by atoms with Gasteiger partial charge in [0, 0.05) is 0 Å². The lowest BCUT2D eigenvalue weighted by Crippen LogP contribution is -2.12. The molecule has 0 aliphatic rings. The van der Waals surface area contributed by atoms with Crippen LogP contribution in [0, 0.1) is 6.92 Å². The first-order valence-electron chi connectivity index (χ1n) is 6.71. The summed E-state index contributed by atoms with van der Waals surface area (Å²) in [5, 5.41) is 3.19. The normalized spacial score (nSPS) is 10.4. The van der Waals surface area contributed by atoms with Gasteiger partial charge in [-0.05, 0) is 49.7 Å². The van der Waals surface area contributed by atoms with Gasteiger partial charge in [0.1, 0.15) is 12.4 Å². The fourth-order valence-corrected chi connectivity index (χ4v) is 2.08. The maximum absolute atomic E-state index is 5.92. The standard InChI is InChI=1S/C17H21NO/c1-14-7-3-6-10-17(14)19-13-16-9-5-4-8-15(16)11-12-18-2/h3-10,18H,11-13H2,1-2H3. The van der Waals surface area contributed by atoms with Crippen LogP contribution in [-0.4, -0.2) is 13.6 Å². The Kier molecular flexibility index (Phi) is 4.99. The minimum atomic E-state index is 0.630. The van der Waals surface area contributed by atoms with E-state index < -0.39 is 0 Å². The molecule has 2 nitrogen and oxygen atoms in total. The van der Waals surface area contributed by atoms with Crippen LogP contribution in [0.4, 0.5) is 0 Å². The Morgan fingerprint density at radius 1 is 0.947 bits per heavy atom. The van der Waals surface area contributed by atoms with Crippen LogP contribution in [0.5, 0.6) is 5.75 Å². The summed E-state index contributed by atoms with van der Waals surface area (Å²) in [6, 6.07) is 16.6. The zero-order chi connectivity index (χ0) is 13.5. The highest BCUT2D eigenvalue weighted by atomic mass is 16.5. The van der Waals surface area contributed by atoms with Gasteiger partial charge < -0.3 is 10.1 Å². The van der Waals surface area contributed by atoms with Gasteiger partial charge in [0.2, 0.25) is 0 Å². The molecule has 0 saturated carbocycles. The first-order chi connectivity index (χ1) is 9.31. The molecule has 0 aliphatic heterocycles. The molecule has 1 N–H and O–H groups in total. The van der Waals surface area contributed by atoms with Gasteiger partial charge in [-0.3, -0.25) is 0 Å². The summed E-state index contributed by atoms with van der Waals surface area (Å²) < 4.78 is 5.92. The van der Waals surface area contributed by atoms with Crippen molar-refractivity contribution < 1.29 is 4.74 Å². The average Bonchev–Trinajstić information content (AvgIpc) is 2.45. The zero-order valence-electron chi connectivity index (χ0n) is 11.6. The minimum absolute atomic E-state index is 0.630. The first kappa shape index (κ1) is 13.6. The molecular formula is C17H21NO. The van der Waals surface area contributed by atoms with Gasteiger partial charge in [-0.25, -0.2) is 0 Å². The van der Waals surface area contributed by atoms with Gasteiger partial charge in [0.25, 0.3) is 0 Å². The van der Waals surface area contributed by atoms with Gasteiger partial charge in [0.05, 0.1) is 0 Å². The SMILES string of the molecule is CNCCc1ccccc1COc1ccccc1C. The van der Waals surface area contributed by atoms with E-state index in [1.807, 2.05) is 25.2 Å². The molecule has 0 radical (unpaired) electrons. The molecule has 2 aromatic rings. The van der Waals surface area contributed by atoms with E-state index in [0.717, 1.165) is 18.7 Å². The fourth-order valence-electron chi connectivity index (χ4n) is 2.08. The Labute approximate surface area is 115 Å². The van der Waals surface area contributed by atoms with Crippen molar-refractivity contribution in [1.29, 1.82) is 0 Å². The van der Waals surface area contributed by atoms with Crippen molar-refractivity contribution in [3.8, 4) is 5.75 Å². The van der Waals surface area contributed by atoms with Gasteiger partial charge in [-0.2, -0.15) is 0 Å². The summed E-state index contributed by atoms with van der Waals surface area (Å²) in [5.74, 6) is 0.964. The molecule has 0 fully saturated rings. The van der Waals surface area contributed by atoms with Crippen LogP contribution in [0.25, 0.3) is 0 Å². The Bertz CT molecular complexity index is 522. The molecule has 0 bridgehead atoms. The van der Waals surface area contributed by atoms with Crippen LogP contribution >= 0.6 is 0 Å². The van der Waals surface area contributed by atoms with Gasteiger partial charge in [-0.15, -0.1) is 0 Å². The molecule has 100 valence electrons. The number of hydrogen-bond acceptors (Lipinski definition) is 2. The van der Waals surface area contributed by atoms with Crippen molar-refractivity contribution in [2.75, 3.05) is 13.6 Å². The molecule has 0 saturated heterocycles. The van der Waals surface area contributed by atoms with E-state index in [-0.39, 0.29) is 0 Å². The number of likely N-dealkylation sites (N-methyl/N-ethyl adjacent to an activating group) is 1. The van der Waals surface area contributed by atoms with Crippen molar-refractivity contribution in [2.45, 2.75) is 20.0 Å². The number of ether oxygens (including phenoxy) is 1. The lowest BCUT2D eigenvalue weighted by atomic mass is 10.1. The van der Waals surface area contributed by atoms with E-state index in [1.165, 1.54) is 16.7 Å². The summed E-state index contributed by atoms with van der Waals surface area (Å²) in [7, 11) is 1.98. The summed E-state index contributed by atoms with van der Waals surface area (Å²) in [6.07, 6.45) is 1.03. The molecule has 2 rings (SSSR count). The summed E-state index contributed by atoms with van der Waals surface area (Å²) in [5.41, 5.74) is 3.79. The third-order valence-electron chi connectivity index (χ3n) is 3.24. The monoisotopic (exact) mass is 255 g/mol. The molecule has 0 atom stereocenters. The molecule has 0 unspecified atom stereocenters. The van der Waals surface area contributed by atoms with Crippen molar-refractivity contribution in [2.24, 2.45) is 0 Å². The molecule has 0 heterocycles. The number of nitrogens with one attached hydrogen (secondary N) is 1. The predicted molar refractivity (Wildman–Crippen MR) is 79.6 cm³/mol. The van der Waals surface area contributed by atoms with Crippen molar-refractivity contribution in [1.82, 2.24) is 5.32 Å². The zero-order valence-corrected chi connectivity index (χ0v) is 11.6. The lowest BCUT2D eigenvalue weighted by Gasteiger charge is -2.12. The predicted octanol–water partition coefficient (Wildman–Crippen LogP) is 3.34. The highest BCUT2D eigenvalue weighted by molar-refractivity contribution is 5.33. The molecule has 2 heteroatoms. The first-order valence-corrected chi connectivity index (χ1v) is 6.71. The molecule has 0 amide bonds. The summed E-state index contributed by atoms with van der Waals surface area (Å²) >= 11 is 0. The second kappa shape index (κ2) is 6.95. The lowest BCUT2D eigenvalue weighted by molar-refractivity contribution is 0.303. The van der Waals surface area contributed by atoms with Crippen molar-refractivity contribution >= 4 is 0 Å². The number of benzene rings is 2. The number of hydrogen-bond donors (Lipinski definition) is 1. The maximum atomic E-state index is 5.92. The van der Waals surface area contributed by atoms with Crippen LogP contribution in [0.3, 0.4) is 0 Å². The number of aryl methyl sites for hydroxylation is 1. The van der Waals surface area contributed by atoms with E-state index >= 15 is 0 Å².